The summed E-state index contributed by atoms with van der Waals surface area (Å²) in [4.78, 5) is 17.0. The highest BCUT2D eigenvalue weighted by Gasteiger charge is 2.22. The second-order valence-corrected chi connectivity index (χ2v) is 5.79. The highest BCUT2D eigenvalue weighted by Crippen LogP contribution is 2.15. The Kier molecular flexibility index (Phi) is 3.60. The zero-order valence-corrected chi connectivity index (χ0v) is 12.0. The van der Waals surface area contributed by atoms with Gasteiger partial charge in [-0.3, -0.25) is 9.20 Å². The van der Waals surface area contributed by atoms with E-state index in [4.69, 9.17) is 0 Å². The lowest BCUT2D eigenvalue weighted by Gasteiger charge is -2.20. The van der Waals surface area contributed by atoms with Crippen LogP contribution in [0.1, 0.15) is 50.3 Å². The largest absolute Gasteiger partial charge is 0.346 e. The van der Waals surface area contributed by atoms with Gasteiger partial charge < -0.3 is 5.32 Å². The van der Waals surface area contributed by atoms with E-state index in [0.717, 1.165) is 24.2 Å². The van der Waals surface area contributed by atoms with Crippen molar-refractivity contribution in [3.8, 4) is 0 Å². The Morgan fingerprint density at radius 3 is 2.74 bits per heavy atom. The lowest BCUT2D eigenvalue weighted by atomic mass is 10.1. The second kappa shape index (κ2) is 5.03. The van der Waals surface area contributed by atoms with Crippen LogP contribution in [0.25, 0.3) is 5.65 Å². The van der Waals surface area contributed by atoms with Crippen LogP contribution in [0, 0.1) is 0 Å². The first-order valence-electron chi connectivity index (χ1n) is 6.71. The van der Waals surface area contributed by atoms with Gasteiger partial charge in [-0.2, -0.15) is 0 Å². The summed E-state index contributed by atoms with van der Waals surface area (Å²) in [5.74, 6) is -0.0605. The van der Waals surface area contributed by atoms with Crippen LogP contribution in [0.5, 0.6) is 0 Å². The van der Waals surface area contributed by atoms with Gasteiger partial charge in [0, 0.05) is 11.7 Å². The Labute approximate surface area is 113 Å². The Morgan fingerprint density at radius 1 is 1.37 bits per heavy atom. The molecule has 0 unspecified atom stereocenters. The van der Waals surface area contributed by atoms with Crippen molar-refractivity contribution in [3.05, 3.63) is 35.8 Å². The van der Waals surface area contributed by atoms with Crippen LogP contribution in [0.4, 0.5) is 0 Å². The van der Waals surface area contributed by atoms with Gasteiger partial charge in [0.15, 0.2) is 0 Å². The van der Waals surface area contributed by atoms with Crippen LogP contribution in [0.2, 0.25) is 0 Å². The molecule has 0 atom stereocenters. The summed E-state index contributed by atoms with van der Waals surface area (Å²) >= 11 is 0. The van der Waals surface area contributed by atoms with Crippen molar-refractivity contribution >= 4 is 11.6 Å². The van der Waals surface area contributed by atoms with Crippen molar-refractivity contribution in [2.75, 3.05) is 0 Å². The molecule has 0 aromatic carbocycles. The van der Waals surface area contributed by atoms with E-state index in [-0.39, 0.29) is 11.4 Å². The molecule has 1 N–H and O–H groups in total. The molecule has 2 rings (SSSR count). The van der Waals surface area contributed by atoms with E-state index < -0.39 is 0 Å². The van der Waals surface area contributed by atoms with Gasteiger partial charge in [0.25, 0.3) is 5.91 Å². The predicted molar refractivity (Wildman–Crippen MR) is 76.4 cm³/mol. The van der Waals surface area contributed by atoms with Crippen molar-refractivity contribution in [3.63, 3.8) is 0 Å². The standard InChI is InChI=1S/C15H21N3O/c1-5-8-11-13(14(19)17-15(2,3)4)18-10-7-6-9-12(18)16-11/h6-7,9-10H,5,8H2,1-4H3,(H,17,19). The Morgan fingerprint density at radius 2 is 2.11 bits per heavy atom. The maximum Gasteiger partial charge on any atom is 0.270 e. The number of nitrogens with one attached hydrogen (secondary N) is 1. The van der Waals surface area contributed by atoms with Gasteiger partial charge in [-0.1, -0.05) is 19.4 Å². The molecular formula is C15H21N3O. The summed E-state index contributed by atoms with van der Waals surface area (Å²) in [5.41, 5.74) is 2.10. The van der Waals surface area contributed by atoms with Gasteiger partial charge in [0.2, 0.25) is 0 Å². The quantitative estimate of drug-likeness (QED) is 0.921. The highest BCUT2D eigenvalue weighted by atomic mass is 16.2. The first-order chi connectivity index (χ1) is 8.92. The molecule has 4 nitrogen and oxygen atoms in total. The number of nitrogens with zero attached hydrogens (tertiary/aromatic N) is 2. The fraction of sp³-hybridized carbons (Fsp3) is 0.467. The first-order valence-corrected chi connectivity index (χ1v) is 6.71. The molecule has 0 aliphatic heterocycles. The summed E-state index contributed by atoms with van der Waals surface area (Å²) in [6, 6.07) is 5.77. The monoisotopic (exact) mass is 259 g/mol. The molecule has 1 amide bonds. The van der Waals surface area contributed by atoms with E-state index in [1.807, 2.05) is 49.6 Å². The molecule has 19 heavy (non-hydrogen) atoms. The normalized spacial score (nSPS) is 11.8. The molecular weight excluding hydrogens is 238 g/mol. The molecule has 102 valence electrons. The summed E-state index contributed by atoms with van der Waals surface area (Å²) in [7, 11) is 0. The number of pyridine rings is 1. The van der Waals surface area contributed by atoms with Gasteiger partial charge in [0.05, 0.1) is 5.69 Å². The Hall–Kier alpha value is -1.84. The minimum Gasteiger partial charge on any atom is -0.346 e. The Balaban J connectivity index is 2.50. The molecule has 2 aromatic rings. The fourth-order valence-corrected chi connectivity index (χ4v) is 2.10. The van der Waals surface area contributed by atoms with Gasteiger partial charge in [-0.25, -0.2) is 4.98 Å². The van der Waals surface area contributed by atoms with E-state index in [0.29, 0.717) is 5.69 Å². The second-order valence-electron chi connectivity index (χ2n) is 5.79. The van der Waals surface area contributed by atoms with Crippen molar-refractivity contribution in [1.82, 2.24) is 14.7 Å². The average molecular weight is 259 g/mol. The molecule has 2 heterocycles. The number of hydrogen-bond donors (Lipinski definition) is 1. The smallest absolute Gasteiger partial charge is 0.270 e. The Bertz CT molecular complexity index is 593. The van der Waals surface area contributed by atoms with Gasteiger partial charge in [-0.05, 0) is 39.3 Å². The van der Waals surface area contributed by atoms with Crippen molar-refractivity contribution in [1.29, 1.82) is 0 Å². The lowest BCUT2D eigenvalue weighted by molar-refractivity contribution is 0.0912. The zero-order chi connectivity index (χ0) is 14.0. The lowest BCUT2D eigenvalue weighted by Crippen LogP contribution is -2.41. The number of hydrogen-bond acceptors (Lipinski definition) is 2. The molecule has 0 saturated carbocycles. The summed E-state index contributed by atoms with van der Waals surface area (Å²) in [5, 5.41) is 3.01. The average Bonchev–Trinajstić information content (AvgIpc) is 2.65. The first kappa shape index (κ1) is 13.6. The van der Waals surface area contributed by atoms with E-state index in [1.165, 1.54) is 0 Å². The van der Waals surface area contributed by atoms with Crippen molar-refractivity contribution in [2.45, 2.75) is 46.1 Å². The van der Waals surface area contributed by atoms with Crippen LogP contribution >= 0.6 is 0 Å². The van der Waals surface area contributed by atoms with E-state index in [9.17, 15) is 4.79 Å². The summed E-state index contributed by atoms with van der Waals surface area (Å²) in [6.07, 6.45) is 3.67. The number of rotatable bonds is 3. The van der Waals surface area contributed by atoms with E-state index >= 15 is 0 Å². The number of carbonyl (C=O) groups excluding carboxylic acids is 1. The summed E-state index contributed by atoms with van der Waals surface area (Å²) in [6.45, 7) is 8.03. The third-order valence-corrected chi connectivity index (χ3v) is 2.79. The molecule has 0 fully saturated rings. The van der Waals surface area contributed by atoms with E-state index in [2.05, 4.69) is 17.2 Å². The summed E-state index contributed by atoms with van der Waals surface area (Å²) < 4.78 is 1.87. The van der Waals surface area contributed by atoms with Gasteiger partial charge in [-0.15, -0.1) is 0 Å². The predicted octanol–water partition coefficient (Wildman–Crippen LogP) is 2.82. The minimum atomic E-state index is -0.250. The van der Waals surface area contributed by atoms with Gasteiger partial charge >= 0.3 is 0 Å². The zero-order valence-electron chi connectivity index (χ0n) is 12.0. The number of carbonyl (C=O) groups is 1. The molecule has 2 aromatic heterocycles. The number of amides is 1. The maximum absolute atomic E-state index is 12.5. The third kappa shape index (κ3) is 2.95. The number of aromatic nitrogens is 2. The van der Waals surface area contributed by atoms with Crippen LogP contribution in [0.3, 0.4) is 0 Å². The van der Waals surface area contributed by atoms with Crippen LogP contribution in [0.15, 0.2) is 24.4 Å². The highest BCUT2D eigenvalue weighted by molar-refractivity contribution is 5.95. The van der Waals surface area contributed by atoms with Crippen molar-refractivity contribution < 1.29 is 4.79 Å². The fourth-order valence-electron chi connectivity index (χ4n) is 2.10. The SMILES string of the molecule is CCCc1nc2ccccn2c1C(=O)NC(C)(C)C. The van der Waals surface area contributed by atoms with Crippen LogP contribution in [-0.2, 0) is 6.42 Å². The van der Waals surface area contributed by atoms with Crippen molar-refractivity contribution in [2.24, 2.45) is 0 Å². The molecule has 4 heteroatoms. The topological polar surface area (TPSA) is 46.4 Å². The molecule has 0 spiro atoms. The molecule has 0 aliphatic carbocycles. The number of fused-ring (bicyclic) bond motifs is 1. The maximum atomic E-state index is 12.5. The molecule has 0 radical (unpaired) electrons. The number of imidazole rings is 1. The molecule has 0 aliphatic rings. The van der Waals surface area contributed by atoms with Gasteiger partial charge in [0.1, 0.15) is 11.3 Å². The van der Waals surface area contributed by atoms with Crippen LogP contribution < -0.4 is 5.32 Å². The number of aryl methyl sites for hydroxylation is 1. The van der Waals surface area contributed by atoms with E-state index in [1.54, 1.807) is 0 Å². The minimum absolute atomic E-state index is 0.0605. The third-order valence-electron chi connectivity index (χ3n) is 2.79. The van der Waals surface area contributed by atoms with Crippen LogP contribution in [-0.4, -0.2) is 20.8 Å². The molecule has 0 bridgehead atoms. The molecule has 0 saturated heterocycles.